The molecule has 0 saturated heterocycles. The maximum absolute atomic E-state index is 11.4. The minimum atomic E-state index is 0.311. The quantitative estimate of drug-likeness (QED) is 0.797. The van der Waals surface area contributed by atoms with Crippen LogP contribution in [0.3, 0.4) is 0 Å². The maximum atomic E-state index is 11.4. The first-order valence-corrected chi connectivity index (χ1v) is 6.32. The molecule has 2 rings (SSSR count). The Morgan fingerprint density at radius 1 is 1.11 bits per heavy atom. The summed E-state index contributed by atoms with van der Waals surface area (Å²) in [7, 11) is 0. The Hall–Kier alpha value is -1.96. The van der Waals surface area contributed by atoms with Crippen molar-refractivity contribution in [2.24, 2.45) is 0 Å². The third-order valence-corrected chi connectivity index (χ3v) is 3.03. The predicted octanol–water partition coefficient (Wildman–Crippen LogP) is 3.66. The minimum Gasteiger partial charge on any atom is -0.300 e. The SMILES string of the molecule is CCC(=O)CCc1ccccc1-c1ccccn1. The van der Waals surface area contributed by atoms with E-state index in [0.29, 0.717) is 18.6 Å². The molecule has 92 valence electrons. The summed E-state index contributed by atoms with van der Waals surface area (Å²) in [6.07, 6.45) is 3.81. The second kappa shape index (κ2) is 6.10. The van der Waals surface area contributed by atoms with Gasteiger partial charge in [-0.2, -0.15) is 0 Å². The van der Waals surface area contributed by atoms with Crippen LogP contribution in [0.5, 0.6) is 0 Å². The van der Waals surface area contributed by atoms with E-state index in [-0.39, 0.29) is 0 Å². The number of carbonyl (C=O) groups excluding carboxylic acids is 1. The largest absolute Gasteiger partial charge is 0.300 e. The van der Waals surface area contributed by atoms with Crippen molar-refractivity contribution < 1.29 is 4.79 Å². The molecule has 0 radical (unpaired) electrons. The molecular formula is C16H17NO. The molecule has 0 amide bonds. The van der Waals surface area contributed by atoms with Gasteiger partial charge >= 0.3 is 0 Å². The van der Waals surface area contributed by atoms with E-state index in [9.17, 15) is 4.79 Å². The number of ketones is 1. The van der Waals surface area contributed by atoms with E-state index in [4.69, 9.17) is 0 Å². The van der Waals surface area contributed by atoms with Gasteiger partial charge in [-0.05, 0) is 24.1 Å². The average molecular weight is 239 g/mol. The van der Waals surface area contributed by atoms with Crippen LogP contribution >= 0.6 is 0 Å². The lowest BCUT2D eigenvalue weighted by Crippen LogP contribution is -1.99. The number of carbonyl (C=O) groups is 1. The van der Waals surface area contributed by atoms with E-state index in [1.165, 1.54) is 5.56 Å². The van der Waals surface area contributed by atoms with Gasteiger partial charge in [0.25, 0.3) is 0 Å². The topological polar surface area (TPSA) is 30.0 Å². The number of rotatable bonds is 5. The lowest BCUT2D eigenvalue weighted by atomic mass is 9.98. The van der Waals surface area contributed by atoms with Crippen molar-refractivity contribution in [3.05, 3.63) is 54.2 Å². The van der Waals surface area contributed by atoms with Crippen LogP contribution < -0.4 is 0 Å². The van der Waals surface area contributed by atoms with E-state index in [1.54, 1.807) is 6.20 Å². The molecule has 0 aliphatic rings. The fourth-order valence-corrected chi connectivity index (χ4v) is 1.96. The average Bonchev–Trinajstić information content (AvgIpc) is 2.46. The highest BCUT2D eigenvalue weighted by atomic mass is 16.1. The number of pyridine rings is 1. The van der Waals surface area contributed by atoms with Crippen molar-refractivity contribution in [3.8, 4) is 11.3 Å². The van der Waals surface area contributed by atoms with E-state index in [2.05, 4.69) is 17.1 Å². The van der Waals surface area contributed by atoms with Gasteiger partial charge in [0, 0.05) is 24.6 Å². The molecular weight excluding hydrogens is 222 g/mol. The van der Waals surface area contributed by atoms with Gasteiger partial charge in [0.05, 0.1) is 5.69 Å². The van der Waals surface area contributed by atoms with Crippen molar-refractivity contribution in [2.75, 3.05) is 0 Å². The number of Topliss-reactive ketones (excluding diaryl/α,β-unsaturated/α-hetero) is 1. The molecule has 1 heterocycles. The summed E-state index contributed by atoms with van der Waals surface area (Å²) < 4.78 is 0. The zero-order valence-corrected chi connectivity index (χ0v) is 10.6. The van der Waals surface area contributed by atoms with Crippen LogP contribution in [0.2, 0.25) is 0 Å². The van der Waals surface area contributed by atoms with Gasteiger partial charge in [-0.25, -0.2) is 0 Å². The summed E-state index contributed by atoms with van der Waals surface area (Å²) in [6.45, 7) is 1.91. The van der Waals surface area contributed by atoms with Gasteiger partial charge in [-0.15, -0.1) is 0 Å². The highest BCUT2D eigenvalue weighted by molar-refractivity contribution is 5.78. The number of benzene rings is 1. The minimum absolute atomic E-state index is 0.311. The smallest absolute Gasteiger partial charge is 0.132 e. The molecule has 1 aromatic carbocycles. The number of hydrogen-bond donors (Lipinski definition) is 0. The van der Waals surface area contributed by atoms with Gasteiger partial charge in [0.15, 0.2) is 0 Å². The Morgan fingerprint density at radius 2 is 1.89 bits per heavy atom. The second-order valence-corrected chi connectivity index (χ2v) is 4.26. The van der Waals surface area contributed by atoms with Gasteiger partial charge < -0.3 is 0 Å². The normalized spacial score (nSPS) is 10.3. The van der Waals surface area contributed by atoms with Crippen molar-refractivity contribution in [1.82, 2.24) is 4.98 Å². The van der Waals surface area contributed by atoms with Crippen molar-refractivity contribution >= 4 is 5.78 Å². The molecule has 0 aliphatic carbocycles. The summed E-state index contributed by atoms with van der Waals surface area (Å²) in [6, 6.07) is 14.1. The number of nitrogens with zero attached hydrogens (tertiary/aromatic N) is 1. The maximum Gasteiger partial charge on any atom is 0.132 e. The highest BCUT2D eigenvalue weighted by Crippen LogP contribution is 2.22. The second-order valence-electron chi connectivity index (χ2n) is 4.26. The predicted molar refractivity (Wildman–Crippen MR) is 73.3 cm³/mol. The first kappa shape index (κ1) is 12.5. The van der Waals surface area contributed by atoms with Crippen LogP contribution in [0.25, 0.3) is 11.3 Å². The fraction of sp³-hybridized carbons (Fsp3) is 0.250. The molecule has 2 aromatic rings. The zero-order valence-electron chi connectivity index (χ0n) is 10.6. The fourth-order valence-electron chi connectivity index (χ4n) is 1.96. The highest BCUT2D eigenvalue weighted by Gasteiger charge is 2.06. The molecule has 18 heavy (non-hydrogen) atoms. The number of aryl methyl sites for hydroxylation is 1. The third-order valence-electron chi connectivity index (χ3n) is 3.03. The van der Waals surface area contributed by atoms with Crippen LogP contribution in [-0.4, -0.2) is 10.8 Å². The molecule has 2 nitrogen and oxygen atoms in total. The van der Waals surface area contributed by atoms with Crippen molar-refractivity contribution in [1.29, 1.82) is 0 Å². The molecule has 0 atom stereocenters. The Morgan fingerprint density at radius 3 is 2.61 bits per heavy atom. The lowest BCUT2D eigenvalue weighted by Gasteiger charge is -2.08. The van der Waals surface area contributed by atoms with Crippen LogP contribution in [0, 0.1) is 0 Å². The van der Waals surface area contributed by atoms with Crippen LogP contribution in [0.1, 0.15) is 25.3 Å². The molecule has 0 bridgehead atoms. The van der Waals surface area contributed by atoms with Gasteiger partial charge in [0.2, 0.25) is 0 Å². The monoisotopic (exact) mass is 239 g/mol. The molecule has 0 spiro atoms. The summed E-state index contributed by atoms with van der Waals surface area (Å²) in [4.78, 5) is 15.8. The van der Waals surface area contributed by atoms with Crippen molar-refractivity contribution in [3.63, 3.8) is 0 Å². The summed E-state index contributed by atoms with van der Waals surface area (Å²) in [5, 5.41) is 0. The number of hydrogen-bond acceptors (Lipinski definition) is 2. The Bertz CT molecular complexity index is 520. The Balaban J connectivity index is 2.24. The van der Waals surface area contributed by atoms with Crippen molar-refractivity contribution in [2.45, 2.75) is 26.2 Å². The Kier molecular flexibility index (Phi) is 4.24. The number of aromatic nitrogens is 1. The first-order chi connectivity index (χ1) is 8.81. The first-order valence-electron chi connectivity index (χ1n) is 6.32. The summed E-state index contributed by atoms with van der Waals surface area (Å²) in [5.74, 6) is 0.311. The lowest BCUT2D eigenvalue weighted by molar-refractivity contribution is -0.118. The molecule has 2 heteroatoms. The van der Waals surface area contributed by atoms with Gasteiger partial charge in [-0.1, -0.05) is 37.3 Å². The molecule has 0 unspecified atom stereocenters. The standard InChI is InChI=1S/C16H17NO/c1-2-14(18)11-10-13-7-3-4-8-15(13)16-9-5-6-12-17-16/h3-9,12H,2,10-11H2,1H3. The molecule has 0 saturated carbocycles. The molecule has 0 aliphatic heterocycles. The van der Waals surface area contributed by atoms with E-state index >= 15 is 0 Å². The van der Waals surface area contributed by atoms with E-state index in [0.717, 1.165) is 17.7 Å². The zero-order chi connectivity index (χ0) is 12.8. The van der Waals surface area contributed by atoms with Crippen LogP contribution in [0.15, 0.2) is 48.7 Å². The summed E-state index contributed by atoms with van der Waals surface area (Å²) in [5.41, 5.74) is 3.29. The van der Waals surface area contributed by atoms with Gasteiger partial charge in [-0.3, -0.25) is 9.78 Å². The Labute approximate surface area is 108 Å². The van der Waals surface area contributed by atoms with E-state index < -0.39 is 0 Å². The summed E-state index contributed by atoms with van der Waals surface area (Å²) >= 11 is 0. The van der Waals surface area contributed by atoms with Gasteiger partial charge in [0.1, 0.15) is 5.78 Å². The van der Waals surface area contributed by atoms with Crippen LogP contribution in [0.4, 0.5) is 0 Å². The third kappa shape index (κ3) is 3.04. The van der Waals surface area contributed by atoms with E-state index in [1.807, 2.05) is 37.3 Å². The molecule has 0 N–H and O–H groups in total. The molecule has 0 fully saturated rings. The molecule has 1 aromatic heterocycles. The van der Waals surface area contributed by atoms with Crippen LogP contribution in [-0.2, 0) is 11.2 Å².